The summed E-state index contributed by atoms with van der Waals surface area (Å²) >= 11 is 3.60. The molecule has 21 heavy (non-hydrogen) atoms. The third-order valence-electron chi connectivity index (χ3n) is 3.56. The van der Waals surface area contributed by atoms with Crippen molar-refractivity contribution in [3.8, 4) is 6.07 Å². The van der Waals surface area contributed by atoms with E-state index in [-0.39, 0.29) is 5.92 Å². The van der Waals surface area contributed by atoms with Gasteiger partial charge in [0, 0.05) is 36.0 Å². The first-order chi connectivity index (χ1) is 10.2. The molecule has 0 radical (unpaired) electrons. The first kappa shape index (κ1) is 16.7. The van der Waals surface area contributed by atoms with Crippen LogP contribution in [0.2, 0.25) is 0 Å². The molecule has 1 fully saturated rings. The standard InChI is InChI=1S/C16H23N3S2/c1-3-18(4-2)20-15-7-9-16(10-8-15)21-19-11-5-6-14(12-17)13-19/h7-10,14H,3-6,11,13H2,1-2H3. The van der Waals surface area contributed by atoms with Crippen LogP contribution in [0, 0.1) is 17.2 Å². The number of hydrogen-bond donors (Lipinski definition) is 0. The predicted octanol–water partition coefficient (Wildman–Crippen LogP) is 4.28. The third kappa shape index (κ3) is 5.23. The van der Waals surface area contributed by atoms with Gasteiger partial charge in [0.1, 0.15) is 0 Å². The van der Waals surface area contributed by atoms with Gasteiger partial charge in [-0.25, -0.2) is 8.61 Å². The van der Waals surface area contributed by atoms with Crippen LogP contribution in [0.15, 0.2) is 34.1 Å². The molecule has 1 aromatic rings. The molecule has 1 heterocycles. The lowest BCUT2D eigenvalue weighted by Crippen LogP contribution is -2.29. The van der Waals surface area contributed by atoms with Gasteiger partial charge in [-0.15, -0.1) is 0 Å². The molecular formula is C16H23N3S2. The second-order valence-electron chi connectivity index (χ2n) is 5.12. The van der Waals surface area contributed by atoms with Crippen molar-refractivity contribution in [2.45, 2.75) is 36.5 Å². The highest BCUT2D eigenvalue weighted by atomic mass is 32.2. The Balaban J connectivity index is 1.89. The first-order valence-corrected chi connectivity index (χ1v) is 9.15. The lowest BCUT2D eigenvalue weighted by molar-refractivity contribution is 0.330. The van der Waals surface area contributed by atoms with E-state index in [2.05, 4.69) is 52.8 Å². The van der Waals surface area contributed by atoms with Crippen molar-refractivity contribution in [3.05, 3.63) is 24.3 Å². The predicted molar refractivity (Wildman–Crippen MR) is 91.0 cm³/mol. The fraction of sp³-hybridized carbons (Fsp3) is 0.562. The molecule has 1 aromatic carbocycles. The van der Waals surface area contributed by atoms with E-state index in [9.17, 15) is 0 Å². The lowest BCUT2D eigenvalue weighted by atomic mass is 10.0. The van der Waals surface area contributed by atoms with Gasteiger partial charge in [0.2, 0.25) is 0 Å². The van der Waals surface area contributed by atoms with Crippen molar-refractivity contribution >= 4 is 23.9 Å². The number of benzene rings is 1. The number of rotatable bonds is 6. The van der Waals surface area contributed by atoms with Gasteiger partial charge < -0.3 is 0 Å². The summed E-state index contributed by atoms with van der Waals surface area (Å²) in [5.74, 6) is 0.198. The van der Waals surface area contributed by atoms with Gasteiger partial charge in [0.25, 0.3) is 0 Å². The zero-order valence-electron chi connectivity index (χ0n) is 12.8. The van der Waals surface area contributed by atoms with Crippen molar-refractivity contribution in [3.63, 3.8) is 0 Å². The Hall–Kier alpha value is -0.670. The Morgan fingerprint density at radius 1 is 1.24 bits per heavy atom. The van der Waals surface area contributed by atoms with E-state index in [1.165, 1.54) is 9.79 Å². The van der Waals surface area contributed by atoms with Crippen LogP contribution in [0.4, 0.5) is 0 Å². The highest BCUT2D eigenvalue weighted by molar-refractivity contribution is 7.97. The van der Waals surface area contributed by atoms with E-state index >= 15 is 0 Å². The van der Waals surface area contributed by atoms with Crippen LogP contribution >= 0.6 is 23.9 Å². The van der Waals surface area contributed by atoms with Crippen molar-refractivity contribution in [2.24, 2.45) is 5.92 Å². The smallest absolute Gasteiger partial charge is 0.0669 e. The Kier molecular flexibility index (Phi) is 6.91. The van der Waals surface area contributed by atoms with Crippen LogP contribution in [0.3, 0.4) is 0 Å². The summed E-state index contributed by atoms with van der Waals surface area (Å²) in [5.41, 5.74) is 0. The van der Waals surface area contributed by atoms with E-state index in [0.29, 0.717) is 0 Å². The summed E-state index contributed by atoms with van der Waals surface area (Å²) < 4.78 is 4.66. The molecule has 5 heteroatoms. The Morgan fingerprint density at radius 2 is 1.90 bits per heavy atom. The fourth-order valence-corrected chi connectivity index (χ4v) is 4.19. The molecule has 1 aliphatic rings. The Bertz CT molecular complexity index is 465. The second-order valence-corrected chi connectivity index (χ2v) is 7.47. The monoisotopic (exact) mass is 321 g/mol. The molecule has 2 rings (SSSR count). The molecule has 1 unspecified atom stereocenters. The van der Waals surface area contributed by atoms with Crippen LogP contribution in [0.5, 0.6) is 0 Å². The highest BCUT2D eigenvalue weighted by Gasteiger charge is 2.20. The minimum absolute atomic E-state index is 0.198. The van der Waals surface area contributed by atoms with Gasteiger partial charge >= 0.3 is 0 Å². The quantitative estimate of drug-likeness (QED) is 0.730. The maximum absolute atomic E-state index is 9.05. The maximum atomic E-state index is 9.05. The second kappa shape index (κ2) is 8.70. The SMILES string of the molecule is CCN(CC)Sc1ccc(SN2CCCC(C#N)C2)cc1. The highest BCUT2D eigenvalue weighted by Crippen LogP contribution is 2.30. The lowest BCUT2D eigenvalue weighted by Gasteiger charge is -2.28. The molecule has 1 atom stereocenters. The van der Waals surface area contributed by atoms with Gasteiger partial charge in [0.05, 0.1) is 12.0 Å². The Morgan fingerprint density at radius 3 is 2.52 bits per heavy atom. The van der Waals surface area contributed by atoms with Gasteiger partial charge in [-0.05, 0) is 61.0 Å². The van der Waals surface area contributed by atoms with E-state index in [1.807, 2.05) is 11.9 Å². The van der Waals surface area contributed by atoms with Crippen molar-refractivity contribution in [2.75, 3.05) is 26.2 Å². The zero-order valence-corrected chi connectivity index (χ0v) is 14.4. The summed E-state index contributed by atoms with van der Waals surface area (Å²) in [5, 5.41) is 9.05. The van der Waals surface area contributed by atoms with Gasteiger partial charge in [-0.2, -0.15) is 5.26 Å². The average molecular weight is 322 g/mol. The van der Waals surface area contributed by atoms with Gasteiger partial charge in [-0.1, -0.05) is 13.8 Å². The molecule has 1 saturated heterocycles. The van der Waals surface area contributed by atoms with Crippen molar-refractivity contribution in [1.29, 1.82) is 5.26 Å². The van der Waals surface area contributed by atoms with Gasteiger partial charge in [0.15, 0.2) is 0 Å². The number of hydrogen-bond acceptors (Lipinski definition) is 5. The molecule has 0 aliphatic carbocycles. The summed E-state index contributed by atoms with van der Waals surface area (Å²) in [4.78, 5) is 2.55. The summed E-state index contributed by atoms with van der Waals surface area (Å²) in [7, 11) is 0. The van der Waals surface area contributed by atoms with Crippen molar-refractivity contribution in [1.82, 2.24) is 8.61 Å². The largest absolute Gasteiger partial charge is 0.247 e. The minimum atomic E-state index is 0.198. The van der Waals surface area contributed by atoms with Crippen LogP contribution in [-0.2, 0) is 0 Å². The van der Waals surface area contributed by atoms with Crippen LogP contribution < -0.4 is 0 Å². The normalized spacial score (nSPS) is 19.6. The van der Waals surface area contributed by atoms with Crippen molar-refractivity contribution < 1.29 is 0 Å². The van der Waals surface area contributed by atoms with Gasteiger partial charge in [-0.3, -0.25) is 0 Å². The maximum Gasteiger partial charge on any atom is 0.0669 e. The summed E-state index contributed by atoms with van der Waals surface area (Å²) in [6.07, 6.45) is 2.17. The molecule has 1 aliphatic heterocycles. The molecule has 0 bridgehead atoms. The van der Waals surface area contributed by atoms with E-state index in [1.54, 1.807) is 11.9 Å². The molecule has 0 spiro atoms. The summed E-state index contributed by atoms with van der Waals surface area (Å²) in [6, 6.07) is 11.2. The van der Waals surface area contributed by atoms with E-state index in [4.69, 9.17) is 5.26 Å². The third-order valence-corrected chi connectivity index (χ3v) is 5.90. The molecule has 0 aromatic heterocycles. The van der Waals surface area contributed by atoms with E-state index in [0.717, 1.165) is 39.0 Å². The Labute approximate surface area is 137 Å². The zero-order chi connectivity index (χ0) is 15.1. The average Bonchev–Trinajstić information content (AvgIpc) is 2.54. The molecular weight excluding hydrogens is 298 g/mol. The number of nitriles is 1. The number of piperidine rings is 1. The minimum Gasteiger partial charge on any atom is -0.247 e. The van der Waals surface area contributed by atoms with Crippen LogP contribution in [-0.4, -0.2) is 34.8 Å². The first-order valence-electron chi connectivity index (χ1n) is 7.60. The molecule has 0 saturated carbocycles. The van der Waals surface area contributed by atoms with Crippen LogP contribution in [0.1, 0.15) is 26.7 Å². The fourth-order valence-electron chi connectivity index (χ4n) is 2.34. The molecule has 0 amide bonds. The van der Waals surface area contributed by atoms with E-state index < -0.39 is 0 Å². The molecule has 0 N–H and O–H groups in total. The molecule has 114 valence electrons. The topological polar surface area (TPSA) is 30.3 Å². The summed E-state index contributed by atoms with van der Waals surface area (Å²) in [6.45, 7) is 8.45. The number of nitrogens with zero attached hydrogens (tertiary/aromatic N) is 3. The van der Waals surface area contributed by atoms with Crippen LogP contribution in [0.25, 0.3) is 0 Å². The molecule has 3 nitrogen and oxygen atoms in total.